The normalized spacial score (nSPS) is 23.4. The summed E-state index contributed by atoms with van der Waals surface area (Å²) in [4.78, 5) is 11.3. The van der Waals surface area contributed by atoms with Gasteiger partial charge in [0.1, 0.15) is 11.9 Å². The topological polar surface area (TPSA) is 35.5 Å². The van der Waals surface area contributed by atoms with Crippen LogP contribution in [0.4, 0.5) is 0 Å². The summed E-state index contributed by atoms with van der Waals surface area (Å²) in [5.74, 6) is 1.05. The van der Waals surface area contributed by atoms with Crippen molar-refractivity contribution in [1.82, 2.24) is 0 Å². The van der Waals surface area contributed by atoms with E-state index in [1.165, 1.54) is 18.9 Å². The Morgan fingerprint density at radius 3 is 2.52 bits per heavy atom. The third-order valence-electron chi connectivity index (χ3n) is 4.24. The molecule has 0 spiro atoms. The van der Waals surface area contributed by atoms with Crippen LogP contribution in [0.2, 0.25) is 0 Å². The molecule has 1 aliphatic carbocycles. The van der Waals surface area contributed by atoms with E-state index < -0.39 is 0 Å². The molecule has 1 aromatic rings. The molecule has 1 aromatic carbocycles. The van der Waals surface area contributed by atoms with Crippen molar-refractivity contribution in [1.29, 1.82) is 0 Å². The number of esters is 1. The second-order valence-corrected chi connectivity index (χ2v) is 5.94. The van der Waals surface area contributed by atoms with Gasteiger partial charge in [0, 0.05) is 12.8 Å². The van der Waals surface area contributed by atoms with E-state index in [0.29, 0.717) is 5.92 Å². The predicted octanol–water partition coefficient (Wildman–Crippen LogP) is 4.45. The van der Waals surface area contributed by atoms with Crippen LogP contribution in [0, 0.1) is 0 Å². The Balaban J connectivity index is 2.06. The van der Waals surface area contributed by atoms with Gasteiger partial charge in [-0.2, -0.15) is 0 Å². The highest BCUT2D eigenvalue weighted by molar-refractivity contribution is 5.66. The van der Waals surface area contributed by atoms with E-state index in [4.69, 9.17) is 9.47 Å². The van der Waals surface area contributed by atoms with Gasteiger partial charge in [0.05, 0.1) is 6.10 Å². The molecular formula is C18H26O3. The van der Waals surface area contributed by atoms with Crippen LogP contribution in [0.3, 0.4) is 0 Å². The molecule has 0 N–H and O–H groups in total. The van der Waals surface area contributed by atoms with Gasteiger partial charge in [-0.3, -0.25) is 4.79 Å². The lowest BCUT2D eigenvalue weighted by Crippen LogP contribution is -2.27. The maximum absolute atomic E-state index is 11.3. The smallest absolute Gasteiger partial charge is 0.302 e. The van der Waals surface area contributed by atoms with Crippen molar-refractivity contribution in [3.8, 4) is 5.75 Å². The lowest BCUT2D eigenvalue weighted by molar-refractivity contribution is -0.148. The van der Waals surface area contributed by atoms with Crippen LogP contribution in [-0.2, 0) is 9.53 Å². The fourth-order valence-electron chi connectivity index (χ4n) is 2.94. The van der Waals surface area contributed by atoms with E-state index in [9.17, 15) is 4.79 Å². The molecule has 0 radical (unpaired) electrons. The Hall–Kier alpha value is -1.51. The van der Waals surface area contributed by atoms with Crippen LogP contribution in [-0.4, -0.2) is 18.2 Å². The van der Waals surface area contributed by atoms with Crippen molar-refractivity contribution in [3.63, 3.8) is 0 Å². The summed E-state index contributed by atoms with van der Waals surface area (Å²) in [7, 11) is 0. The Kier molecular flexibility index (Phi) is 5.66. The number of hydrogen-bond donors (Lipinski definition) is 0. The molecule has 0 bridgehead atoms. The SMILES string of the molecule is CCC(C)Oc1ccc([C@@H]2CCCC[C@H]2OC(C)=O)cc1. The molecule has 3 nitrogen and oxygen atoms in total. The molecule has 1 fully saturated rings. The number of rotatable bonds is 5. The third-order valence-corrected chi connectivity index (χ3v) is 4.24. The van der Waals surface area contributed by atoms with Gasteiger partial charge in [-0.25, -0.2) is 0 Å². The zero-order valence-corrected chi connectivity index (χ0v) is 13.3. The predicted molar refractivity (Wildman–Crippen MR) is 83.6 cm³/mol. The minimum Gasteiger partial charge on any atom is -0.491 e. The molecule has 3 atom stereocenters. The number of benzene rings is 1. The minimum atomic E-state index is -0.177. The molecule has 21 heavy (non-hydrogen) atoms. The first-order valence-corrected chi connectivity index (χ1v) is 8.04. The second kappa shape index (κ2) is 7.48. The molecule has 116 valence electrons. The van der Waals surface area contributed by atoms with Crippen LogP contribution in [0.15, 0.2) is 24.3 Å². The zero-order chi connectivity index (χ0) is 15.2. The van der Waals surface area contributed by atoms with E-state index in [1.807, 2.05) is 12.1 Å². The van der Waals surface area contributed by atoms with Gasteiger partial charge in [0.25, 0.3) is 0 Å². The molecule has 0 heterocycles. The van der Waals surface area contributed by atoms with Crippen molar-refractivity contribution >= 4 is 5.97 Å². The quantitative estimate of drug-likeness (QED) is 0.751. The minimum absolute atomic E-state index is 0.0255. The van der Waals surface area contributed by atoms with Gasteiger partial charge in [-0.05, 0) is 50.3 Å². The van der Waals surface area contributed by atoms with E-state index in [2.05, 4.69) is 26.0 Å². The maximum atomic E-state index is 11.3. The largest absolute Gasteiger partial charge is 0.491 e. The number of ether oxygens (including phenoxy) is 2. The van der Waals surface area contributed by atoms with Gasteiger partial charge in [-0.1, -0.05) is 25.5 Å². The lowest BCUT2D eigenvalue weighted by Gasteiger charge is -2.31. The van der Waals surface area contributed by atoms with E-state index >= 15 is 0 Å². The molecule has 1 aliphatic rings. The average molecular weight is 290 g/mol. The molecule has 2 rings (SSSR count). The van der Waals surface area contributed by atoms with Gasteiger partial charge in [-0.15, -0.1) is 0 Å². The number of carbonyl (C=O) groups is 1. The fourth-order valence-corrected chi connectivity index (χ4v) is 2.94. The monoisotopic (exact) mass is 290 g/mol. The summed E-state index contributed by atoms with van der Waals surface area (Å²) in [6, 6.07) is 8.29. The first-order chi connectivity index (χ1) is 10.1. The number of carbonyl (C=O) groups excluding carboxylic acids is 1. The van der Waals surface area contributed by atoms with E-state index in [-0.39, 0.29) is 18.2 Å². The first kappa shape index (κ1) is 15.9. The average Bonchev–Trinajstić information content (AvgIpc) is 2.48. The van der Waals surface area contributed by atoms with Crippen molar-refractivity contribution in [3.05, 3.63) is 29.8 Å². The third kappa shape index (κ3) is 4.48. The van der Waals surface area contributed by atoms with Gasteiger partial charge in [0.15, 0.2) is 0 Å². The zero-order valence-electron chi connectivity index (χ0n) is 13.3. The van der Waals surface area contributed by atoms with Gasteiger partial charge in [0.2, 0.25) is 0 Å². The molecule has 0 saturated heterocycles. The molecule has 0 amide bonds. The molecular weight excluding hydrogens is 264 g/mol. The Bertz CT molecular complexity index is 452. The Morgan fingerprint density at radius 1 is 1.24 bits per heavy atom. The van der Waals surface area contributed by atoms with Crippen LogP contribution in [0.5, 0.6) is 5.75 Å². The molecule has 1 unspecified atom stereocenters. The molecule has 0 aliphatic heterocycles. The second-order valence-electron chi connectivity index (χ2n) is 5.94. The highest BCUT2D eigenvalue weighted by Crippen LogP contribution is 2.35. The first-order valence-electron chi connectivity index (χ1n) is 8.04. The van der Waals surface area contributed by atoms with Crippen molar-refractivity contribution in [2.45, 2.75) is 71.0 Å². The summed E-state index contributed by atoms with van der Waals surface area (Å²) in [6.07, 6.45) is 5.66. The lowest BCUT2D eigenvalue weighted by atomic mass is 9.81. The van der Waals surface area contributed by atoms with Crippen LogP contribution in [0.25, 0.3) is 0 Å². The Morgan fingerprint density at radius 2 is 1.90 bits per heavy atom. The van der Waals surface area contributed by atoms with Crippen LogP contribution in [0.1, 0.15) is 64.4 Å². The number of hydrogen-bond acceptors (Lipinski definition) is 3. The summed E-state index contributed by atoms with van der Waals surface area (Å²) >= 11 is 0. The van der Waals surface area contributed by atoms with E-state index in [1.54, 1.807) is 0 Å². The molecule has 0 aromatic heterocycles. The highest BCUT2D eigenvalue weighted by atomic mass is 16.5. The fraction of sp³-hybridized carbons (Fsp3) is 0.611. The summed E-state index contributed by atoms with van der Waals surface area (Å²) < 4.78 is 11.3. The highest BCUT2D eigenvalue weighted by Gasteiger charge is 2.28. The van der Waals surface area contributed by atoms with Crippen molar-refractivity contribution in [2.24, 2.45) is 0 Å². The van der Waals surface area contributed by atoms with E-state index in [0.717, 1.165) is 31.4 Å². The van der Waals surface area contributed by atoms with Crippen LogP contribution < -0.4 is 4.74 Å². The summed E-state index contributed by atoms with van der Waals surface area (Å²) in [6.45, 7) is 5.69. The molecule has 1 saturated carbocycles. The van der Waals surface area contributed by atoms with Crippen LogP contribution >= 0.6 is 0 Å². The summed E-state index contributed by atoms with van der Waals surface area (Å²) in [5, 5.41) is 0. The summed E-state index contributed by atoms with van der Waals surface area (Å²) in [5.41, 5.74) is 1.25. The van der Waals surface area contributed by atoms with Gasteiger partial charge < -0.3 is 9.47 Å². The van der Waals surface area contributed by atoms with Crippen molar-refractivity contribution in [2.75, 3.05) is 0 Å². The Labute approximate surface area is 127 Å². The van der Waals surface area contributed by atoms with Gasteiger partial charge >= 0.3 is 5.97 Å². The standard InChI is InChI=1S/C18H26O3/c1-4-13(2)20-16-11-9-15(10-12-16)17-7-5-6-8-18(17)21-14(3)19/h9-13,17-18H,4-8H2,1-3H3/t13?,17-,18+/m0/s1. The maximum Gasteiger partial charge on any atom is 0.302 e. The molecule has 3 heteroatoms. The van der Waals surface area contributed by atoms with Crippen molar-refractivity contribution < 1.29 is 14.3 Å².